The third kappa shape index (κ3) is 6.47. The lowest BCUT2D eigenvalue weighted by Gasteiger charge is -2.30. The highest BCUT2D eigenvalue weighted by molar-refractivity contribution is 7.92. The molecule has 0 aromatic heterocycles. The molecule has 2 N–H and O–H groups in total. The van der Waals surface area contributed by atoms with Gasteiger partial charge < -0.3 is 10.1 Å². The molecular weight excluding hydrogens is 390 g/mol. The van der Waals surface area contributed by atoms with Crippen LogP contribution >= 0.6 is 0 Å². The maximum atomic E-state index is 12.8. The maximum Gasteiger partial charge on any atom is 0.253 e. The SMILES string of the molecule is CCN(CC)[C@H](CNC(=O)c1ccccc1NS(C)(=O)=O)c1cccc(OC)c1. The van der Waals surface area contributed by atoms with Gasteiger partial charge >= 0.3 is 0 Å². The van der Waals surface area contributed by atoms with Crippen molar-refractivity contribution in [3.05, 3.63) is 59.7 Å². The van der Waals surface area contributed by atoms with E-state index in [2.05, 4.69) is 28.8 Å². The van der Waals surface area contributed by atoms with E-state index in [9.17, 15) is 13.2 Å². The topological polar surface area (TPSA) is 87.7 Å². The molecule has 1 atom stereocenters. The molecule has 0 radical (unpaired) electrons. The summed E-state index contributed by atoms with van der Waals surface area (Å²) in [6, 6.07) is 14.3. The summed E-state index contributed by atoms with van der Waals surface area (Å²) in [5, 5.41) is 2.95. The van der Waals surface area contributed by atoms with E-state index in [1.165, 1.54) is 0 Å². The smallest absolute Gasteiger partial charge is 0.253 e. The van der Waals surface area contributed by atoms with Crippen LogP contribution in [0.5, 0.6) is 5.75 Å². The van der Waals surface area contributed by atoms with Crippen LogP contribution < -0.4 is 14.8 Å². The first-order chi connectivity index (χ1) is 13.8. The van der Waals surface area contributed by atoms with Crippen LogP contribution in [0.25, 0.3) is 0 Å². The van der Waals surface area contributed by atoms with Crippen molar-refractivity contribution in [3.8, 4) is 5.75 Å². The zero-order valence-corrected chi connectivity index (χ0v) is 18.1. The Labute approximate surface area is 173 Å². The Balaban J connectivity index is 2.24. The number of benzene rings is 2. The van der Waals surface area contributed by atoms with Crippen LogP contribution in [0.2, 0.25) is 0 Å². The first kappa shape index (κ1) is 22.7. The highest BCUT2D eigenvalue weighted by Gasteiger charge is 2.21. The van der Waals surface area contributed by atoms with E-state index in [1.807, 2.05) is 24.3 Å². The number of nitrogens with one attached hydrogen (secondary N) is 2. The maximum absolute atomic E-state index is 12.8. The third-order valence-corrected chi connectivity index (χ3v) is 5.25. The average molecular weight is 420 g/mol. The molecule has 0 aliphatic carbocycles. The molecule has 0 fully saturated rings. The number of carbonyl (C=O) groups is 1. The van der Waals surface area contributed by atoms with Crippen molar-refractivity contribution < 1.29 is 17.9 Å². The highest BCUT2D eigenvalue weighted by Crippen LogP contribution is 2.24. The van der Waals surface area contributed by atoms with E-state index in [0.717, 1.165) is 30.7 Å². The lowest BCUT2D eigenvalue weighted by molar-refractivity contribution is 0.0936. The van der Waals surface area contributed by atoms with Crippen LogP contribution in [0, 0.1) is 0 Å². The molecule has 0 unspecified atom stereocenters. The van der Waals surface area contributed by atoms with E-state index in [-0.39, 0.29) is 23.2 Å². The second-order valence-corrected chi connectivity index (χ2v) is 8.39. The van der Waals surface area contributed by atoms with Crippen LogP contribution in [0.3, 0.4) is 0 Å². The van der Waals surface area contributed by atoms with Gasteiger partial charge in [-0.3, -0.25) is 14.4 Å². The fourth-order valence-electron chi connectivity index (χ4n) is 3.23. The number of likely N-dealkylation sites (N-methyl/N-ethyl adjacent to an activating group) is 1. The largest absolute Gasteiger partial charge is 0.497 e. The van der Waals surface area contributed by atoms with Crippen molar-refractivity contribution in [2.45, 2.75) is 19.9 Å². The standard InChI is InChI=1S/C21H29N3O4S/c1-5-24(6-2)20(16-10-9-11-17(14-16)28-3)15-22-21(25)18-12-7-8-13-19(18)23-29(4,26)27/h7-14,20,23H,5-6,15H2,1-4H3,(H,22,25)/t20-/m1/s1. The fraction of sp³-hybridized carbons (Fsp3) is 0.381. The van der Waals surface area contributed by atoms with Gasteiger partial charge in [0.25, 0.3) is 5.91 Å². The quantitative estimate of drug-likeness (QED) is 0.618. The minimum absolute atomic E-state index is 0.0425. The zero-order valence-electron chi connectivity index (χ0n) is 17.3. The summed E-state index contributed by atoms with van der Waals surface area (Å²) in [7, 11) is -1.86. The van der Waals surface area contributed by atoms with Crippen molar-refractivity contribution in [3.63, 3.8) is 0 Å². The number of nitrogens with zero attached hydrogens (tertiary/aromatic N) is 1. The van der Waals surface area contributed by atoms with Gasteiger partial charge in [0, 0.05) is 6.54 Å². The van der Waals surface area contributed by atoms with E-state index >= 15 is 0 Å². The lowest BCUT2D eigenvalue weighted by atomic mass is 10.0. The normalized spacial score (nSPS) is 12.4. The summed E-state index contributed by atoms with van der Waals surface area (Å²) < 4.78 is 30.9. The average Bonchev–Trinajstić information content (AvgIpc) is 2.70. The Hall–Kier alpha value is -2.58. The number of rotatable bonds is 10. The van der Waals surface area contributed by atoms with Crippen molar-refractivity contribution in [1.29, 1.82) is 0 Å². The van der Waals surface area contributed by atoms with Crippen molar-refractivity contribution in [2.24, 2.45) is 0 Å². The molecular formula is C21H29N3O4S. The molecule has 0 saturated heterocycles. The molecule has 29 heavy (non-hydrogen) atoms. The number of sulfonamides is 1. The van der Waals surface area contributed by atoms with Crippen molar-refractivity contribution in [2.75, 3.05) is 37.7 Å². The summed E-state index contributed by atoms with van der Waals surface area (Å²) in [5.74, 6) is 0.422. The Morgan fingerprint density at radius 1 is 1.10 bits per heavy atom. The summed E-state index contributed by atoms with van der Waals surface area (Å²) in [6.45, 7) is 6.16. The number of para-hydroxylation sites is 1. The molecule has 2 rings (SSSR count). The van der Waals surface area contributed by atoms with Gasteiger partial charge in [0.05, 0.1) is 30.7 Å². The van der Waals surface area contributed by atoms with Gasteiger partial charge in [0.1, 0.15) is 5.75 Å². The van der Waals surface area contributed by atoms with E-state index in [4.69, 9.17) is 4.74 Å². The molecule has 2 aromatic carbocycles. The van der Waals surface area contributed by atoms with Gasteiger partial charge in [0.2, 0.25) is 10.0 Å². The summed E-state index contributed by atoms with van der Waals surface area (Å²) in [5.41, 5.74) is 1.58. The van der Waals surface area contributed by atoms with E-state index < -0.39 is 10.0 Å². The Bertz CT molecular complexity index is 927. The molecule has 1 amide bonds. The predicted octanol–water partition coefficient (Wildman–Crippen LogP) is 2.88. The number of ether oxygens (including phenoxy) is 1. The molecule has 8 heteroatoms. The predicted molar refractivity (Wildman–Crippen MR) is 116 cm³/mol. The van der Waals surface area contributed by atoms with Gasteiger partial charge in [-0.1, -0.05) is 38.1 Å². The third-order valence-electron chi connectivity index (χ3n) is 4.65. The first-order valence-corrected chi connectivity index (χ1v) is 11.4. The van der Waals surface area contributed by atoms with Crippen LogP contribution in [0.1, 0.15) is 35.8 Å². The minimum atomic E-state index is -3.49. The molecule has 158 valence electrons. The lowest BCUT2D eigenvalue weighted by Crippen LogP contribution is -2.38. The molecule has 0 bridgehead atoms. The van der Waals surface area contributed by atoms with Gasteiger partial charge in [0.15, 0.2) is 0 Å². The van der Waals surface area contributed by atoms with Crippen LogP contribution in [0.15, 0.2) is 48.5 Å². The molecule has 0 spiro atoms. The summed E-state index contributed by atoms with van der Waals surface area (Å²) >= 11 is 0. The number of amides is 1. The molecule has 0 aliphatic heterocycles. The second kappa shape index (κ2) is 10.3. The molecule has 0 aliphatic rings. The zero-order chi connectivity index (χ0) is 21.4. The van der Waals surface area contributed by atoms with Gasteiger partial charge in [-0.2, -0.15) is 0 Å². The van der Waals surface area contributed by atoms with Crippen LogP contribution in [-0.4, -0.2) is 52.2 Å². The Morgan fingerprint density at radius 2 is 1.79 bits per heavy atom. The number of hydrogen-bond acceptors (Lipinski definition) is 5. The summed E-state index contributed by atoms with van der Waals surface area (Å²) in [4.78, 5) is 15.1. The molecule has 2 aromatic rings. The van der Waals surface area contributed by atoms with Crippen LogP contribution in [-0.2, 0) is 10.0 Å². The van der Waals surface area contributed by atoms with Crippen molar-refractivity contribution in [1.82, 2.24) is 10.2 Å². The number of methoxy groups -OCH3 is 1. The van der Waals surface area contributed by atoms with Gasteiger partial charge in [-0.15, -0.1) is 0 Å². The van der Waals surface area contributed by atoms with Crippen molar-refractivity contribution >= 4 is 21.6 Å². The highest BCUT2D eigenvalue weighted by atomic mass is 32.2. The molecule has 0 heterocycles. The second-order valence-electron chi connectivity index (χ2n) is 6.64. The van der Waals surface area contributed by atoms with Gasteiger partial charge in [-0.25, -0.2) is 8.42 Å². The minimum Gasteiger partial charge on any atom is -0.497 e. The first-order valence-electron chi connectivity index (χ1n) is 9.52. The fourth-order valence-corrected chi connectivity index (χ4v) is 3.80. The number of carbonyl (C=O) groups excluding carboxylic acids is 1. The number of hydrogen-bond donors (Lipinski definition) is 2. The monoisotopic (exact) mass is 419 g/mol. The Morgan fingerprint density at radius 3 is 2.41 bits per heavy atom. The molecule has 0 saturated carbocycles. The van der Waals surface area contributed by atoms with E-state index in [1.54, 1.807) is 31.4 Å². The van der Waals surface area contributed by atoms with Gasteiger partial charge in [-0.05, 0) is 42.9 Å². The molecule has 7 nitrogen and oxygen atoms in total. The van der Waals surface area contributed by atoms with Crippen LogP contribution in [0.4, 0.5) is 5.69 Å². The summed E-state index contributed by atoms with van der Waals surface area (Å²) in [6.07, 6.45) is 1.06. The Kier molecular flexibility index (Phi) is 8.04. The number of anilines is 1. The van der Waals surface area contributed by atoms with E-state index in [0.29, 0.717) is 6.54 Å².